The fourth-order valence-corrected chi connectivity index (χ4v) is 0.718. The standard InChI is InChI=1S/C9H15NO/c1-4-11-9(3)6-5-8(2)7-10/h8H,3-6H2,1-2H3. The summed E-state index contributed by atoms with van der Waals surface area (Å²) in [4.78, 5) is 0. The molecule has 1 unspecified atom stereocenters. The van der Waals surface area contributed by atoms with E-state index < -0.39 is 0 Å². The molecule has 0 rings (SSSR count). The number of ether oxygens (including phenoxy) is 1. The van der Waals surface area contributed by atoms with Gasteiger partial charge in [0.15, 0.2) is 0 Å². The summed E-state index contributed by atoms with van der Waals surface area (Å²) < 4.78 is 5.13. The van der Waals surface area contributed by atoms with Gasteiger partial charge < -0.3 is 4.74 Å². The number of hydrogen-bond acceptors (Lipinski definition) is 2. The van der Waals surface area contributed by atoms with E-state index in [1.165, 1.54) is 0 Å². The van der Waals surface area contributed by atoms with Crippen LogP contribution in [0.5, 0.6) is 0 Å². The maximum atomic E-state index is 8.46. The Morgan fingerprint density at radius 1 is 1.73 bits per heavy atom. The summed E-state index contributed by atoms with van der Waals surface area (Å²) in [5.41, 5.74) is 0. The van der Waals surface area contributed by atoms with Gasteiger partial charge >= 0.3 is 0 Å². The molecule has 1 atom stereocenters. The van der Waals surface area contributed by atoms with Crippen molar-refractivity contribution in [2.24, 2.45) is 5.92 Å². The third-order valence-corrected chi connectivity index (χ3v) is 1.43. The highest BCUT2D eigenvalue weighted by atomic mass is 16.5. The van der Waals surface area contributed by atoms with Crippen molar-refractivity contribution in [3.05, 3.63) is 12.3 Å². The van der Waals surface area contributed by atoms with Crippen LogP contribution in [0.25, 0.3) is 0 Å². The van der Waals surface area contributed by atoms with Crippen LogP contribution in [-0.2, 0) is 4.74 Å². The summed E-state index contributed by atoms with van der Waals surface area (Å²) in [6, 6.07) is 2.17. The summed E-state index contributed by atoms with van der Waals surface area (Å²) in [6.45, 7) is 8.22. The third kappa shape index (κ3) is 5.47. The first kappa shape index (κ1) is 10.0. The van der Waals surface area contributed by atoms with Crippen molar-refractivity contribution in [3.8, 4) is 6.07 Å². The number of hydrogen-bond donors (Lipinski definition) is 0. The van der Waals surface area contributed by atoms with E-state index in [0.29, 0.717) is 6.61 Å². The number of nitrogens with zero attached hydrogens (tertiary/aromatic N) is 1. The molecule has 2 nitrogen and oxygen atoms in total. The molecule has 11 heavy (non-hydrogen) atoms. The molecule has 2 heteroatoms. The zero-order valence-corrected chi connectivity index (χ0v) is 7.26. The fraction of sp³-hybridized carbons (Fsp3) is 0.667. The molecule has 0 saturated carbocycles. The van der Waals surface area contributed by atoms with E-state index in [0.717, 1.165) is 18.6 Å². The molecule has 0 radical (unpaired) electrons. The van der Waals surface area contributed by atoms with Crippen LogP contribution in [0.1, 0.15) is 26.7 Å². The molecule has 0 aliphatic carbocycles. The van der Waals surface area contributed by atoms with Gasteiger partial charge in [-0.05, 0) is 20.3 Å². The summed E-state index contributed by atoms with van der Waals surface area (Å²) in [5, 5.41) is 8.46. The largest absolute Gasteiger partial charge is 0.499 e. The minimum absolute atomic E-state index is 0.104. The predicted molar refractivity (Wildman–Crippen MR) is 44.8 cm³/mol. The first-order valence-corrected chi connectivity index (χ1v) is 3.90. The first-order valence-electron chi connectivity index (χ1n) is 3.90. The smallest absolute Gasteiger partial charge is 0.0888 e. The van der Waals surface area contributed by atoms with Crippen molar-refractivity contribution in [2.75, 3.05) is 6.61 Å². The molecule has 0 aromatic rings. The molecule has 0 aromatic carbocycles. The van der Waals surface area contributed by atoms with Crippen molar-refractivity contribution in [1.29, 1.82) is 5.26 Å². The van der Waals surface area contributed by atoms with E-state index in [4.69, 9.17) is 10.00 Å². The highest BCUT2D eigenvalue weighted by Gasteiger charge is 2.00. The van der Waals surface area contributed by atoms with Crippen molar-refractivity contribution in [3.63, 3.8) is 0 Å². The van der Waals surface area contributed by atoms with Gasteiger partial charge in [-0.25, -0.2) is 0 Å². The lowest BCUT2D eigenvalue weighted by Gasteiger charge is -2.06. The van der Waals surface area contributed by atoms with Crippen LogP contribution in [0.3, 0.4) is 0 Å². The third-order valence-electron chi connectivity index (χ3n) is 1.43. The maximum Gasteiger partial charge on any atom is 0.0888 e. The average Bonchev–Trinajstić information content (AvgIpc) is 2.01. The Kier molecular flexibility index (Phi) is 5.28. The second kappa shape index (κ2) is 5.79. The van der Waals surface area contributed by atoms with Gasteiger partial charge in [0.25, 0.3) is 0 Å². The molecule has 0 saturated heterocycles. The van der Waals surface area contributed by atoms with Gasteiger partial charge in [0, 0.05) is 12.3 Å². The van der Waals surface area contributed by atoms with E-state index in [1.54, 1.807) is 0 Å². The molecule has 0 aliphatic rings. The summed E-state index contributed by atoms with van der Waals surface area (Å²) in [5.74, 6) is 0.891. The first-order chi connectivity index (χ1) is 5.20. The quantitative estimate of drug-likeness (QED) is 0.568. The van der Waals surface area contributed by atoms with E-state index in [-0.39, 0.29) is 5.92 Å². The van der Waals surface area contributed by atoms with Gasteiger partial charge in [-0.1, -0.05) is 6.58 Å². The fourth-order valence-electron chi connectivity index (χ4n) is 0.718. The molecule has 0 amide bonds. The van der Waals surface area contributed by atoms with E-state index >= 15 is 0 Å². The Morgan fingerprint density at radius 2 is 2.36 bits per heavy atom. The molecule has 0 spiro atoms. The Morgan fingerprint density at radius 3 is 2.82 bits per heavy atom. The summed E-state index contributed by atoms with van der Waals surface area (Å²) in [6.07, 6.45) is 1.64. The number of nitriles is 1. The number of allylic oxidation sites excluding steroid dienone is 1. The van der Waals surface area contributed by atoms with Crippen LogP contribution < -0.4 is 0 Å². The normalized spacial score (nSPS) is 11.7. The maximum absolute atomic E-state index is 8.46. The van der Waals surface area contributed by atoms with E-state index in [2.05, 4.69) is 12.6 Å². The Labute approximate surface area is 68.5 Å². The highest BCUT2D eigenvalue weighted by Crippen LogP contribution is 2.10. The molecular formula is C9H15NO. The zero-order valence-electron chi connectivity index (χ0n) is 7.26. The monoisotopic (exact) mass is 153 g/mol. The number of rotatable bonds is 5. The van der Waals surface area contributed by atoms with Crippen molar-refractivity contribution in [1.82, 2.24) is 0 Å². The van der Waals surface area contributed by atoms with E-state index in [9.17, 15) is 0 Å². The van der Waals surface area contributed by atoms with Crippen molar-refractivity contribution < 1.29 is 4.74 Å². The molecule has 0 fully saturated rings. The van der Waals surface area contributed by atoms with Crippen molar-refractivity contribution >= 4 is 0 Å². The Balaban J connectivity index is 3.39. The van der Waals surface area contributed by atoms with Crippen molar-refractivity contribution in [2.45, 2.75) is 26.7 Å². The lowest BCUT2D eigenvalue weighted by atomic mass is 10.1. The van der Waals surface area contributed by atoms with Gasteiger partial charge in [-0.3, -0.25) is 0 Å². The van der Waals surface area contributed by atoms with Crippen LogP contribution in [0.4, 0.5) is 0 Å². The Bertz CT molecular complexity index is 157. The van der Waals surface area contributed by atoms with Crippen LogP contribution >= 0.6 is 0 Å². The predicted octanol–water partition coefficient (Wildman–Crippen LogP) is 2.48. The SMILES string of the molecule is C=C(CCC(C)C#N)OCC. The van der Waals surface area contributed by atoms with Crippen LogP contribution in [0.15, 0.2) is 12.3 Å². The second-order valence-electron chi connectivity index (χ2n) is 2.54. The van der Waals surface area contributed by atoms with Gasteiger partial charge in [0.2, 0.25) is 0 Å². The molecule has 62 valence electrons. The minimum atomic E-state index is 0.104. The topological polar surface area (TPSA) is 33.0 Å². The van der Waals surface area contributed by atoms with Crippen LogP contribution in [-0.4, -0.2) is 6.61 Å². The molecular weight excluding hydrogens is 138 g/mol. The van der Waals surface area contributed by atoms with Crippen LogP contribution in [0, 0.1) is 17.2 Å². The summed E-state index contributed by atoms with van der Waals surface area (Å²) in [7, 11) is 0. The molecule has 0 aliphatic heterocycles. The molecule has 0 N–H and O–H groups in total. The van der Waals surface area contributed by atoms with Gasteiger partial charge in [0.1, 0.15) is 0 Å². The highest BCUT2D eigenvalue weighted by molar-refractivity contribution is 4.87. The van der Waals surface area contributed by atoms with Gasteiger partial charge in [-0.15, -0.1) is 0 Å². The molecule has 0 aromatic heterocycles. The minimum Gasteiger partial charge on any atom is -0.499 e. The van der Waals surface area contributed by atoms with Gasteiger partial charge in [0.05, 0.1) is 18.4 Å². The second-order valence-corrected chi connectivity index (χ2v) is 2.54. The lowest BCUT2D eigenvalue weighted by Crippen LogP contribution is -1.94. The van der Waals surface area contributed by atoms with Crippen LogP contribution in [0.2, 0.25) is 0 Å². The zero-order chi connectivity index (χ0) is 8.69. The Hall–Kier alpha value is -0.970. The van der Waals surface area contributed by atoms with Gasteiger partial charge in [-0.2, -0.15) is 5.26 Å². The summed E-state index contributed by atoms with van der Waals surface area (Å²) >= 11 is 0. The molecule has 0 heterocycles. The molecule has 0 bridgehead atoms. The average molecular weight is 153 g/mol. The lowest BCUT2D eigenvalue weighted by molar-refractivity contribution is 0.217. The van der Waals surface area contributed by atoms with E-state index in [1.807, 2.05) is 13.8 Å².